The third-order valence-electron chi connectivity index (χ3n) is 3.34. The molecule has 98 valence electrons. The number of rotatable bonds is 2. The Morgan fingerprint density at radius 2 is 2.06 bits per heavy atom. The highest BCUT2D eigenvalue weighted by atomic mass is 16.2. The van der Waals surface area contributed by atoms with Crippen molar-refractivity contribution in [2.24, 2.45) is 5.73 Å². The van der Waals surface area contributed by atoms with E-state index in [0.717, 1.165) is 0 Å². The summed E-state index contributed by atoms with van der Waals surface area (Å²) in [6.07, 6.45) is 3.90. The van der Waals surface area contributed by atoms with E-state index in [2.05, 4.69) is 10.6 Å². The molecule has 2 aliphatic rings. The average molecular weight is 252 g/mol. The molecule has 0 aromatic rings. The molecular formula is C11H16N4O3. The Balaban J connectivity index is 1.96. The molecule has 0 aliphatic carbocycles. The first kappa shape index (κ1) is 12.6. The minimum absolute atomic E-state index is 0.111. The lowest BCUT2D eigenvalue weighted by atomic mass is 9.87. The summed E-state index contributed by atoms with van der Waals surface area (Å²) >= 11 is 0. The van der Waals surface area contributed by atoms with E-state index in [-0.39, 0.29) is 11.8 Å². The second-order valence-corrected chi connectivity index (χ2v) is 4.45. The van der Waals surface area contributed by atoms with Crippen molar-refractivity contribution in [1.82, 2.24) is 15.5 Å². The number of nitrogens with one attached hydrogen (secondary N) is 2. The minimum atomic E-state index is -0.828. The lowest BCUT2D eigenvalue weighted by Gasteiger charge is -2.36. The fourth-order valence-corrected chi connectivity index (χ4v) is 2.26. The zero-order valence-electron chi connectivity index (χ0n) is 9.94. The maximum atomic E-state index is 11.7. The summed E-state index contributed by atoms with van der Waals surface area (Å²) in [5.41, 5.74) is 4.45. The van der Waals surface area contributed by atoms with Crippen LogP contribution in [0.15, 0.2) is 12.2 Å². The van der Waals surface area contributed by atoms with E-state index in [0.29, 0.717) is 32.5 Å². The number of carbonyl (C=O) groups excluding carboxylic acids is 3. The van der Waals surface area contributed by atoms with Crippen molar-refractivity contribution in [3.05, 3.63) is 12.2 Å². The Hall–Kier alpha value is -1.89. The molecule has 1 spiro atoms. The first-order chi connectivity index (χ1) is 8.57. The number of likely N-dealkylation sites (tertiary alicyclic amines) is 1. The molecule has 2 fully saturated rings. The highest BCUT2D eigenvalue weighted by molar-refractivity contribution is 6.07. The topological polar surface area (TPSA) is 105 Å². The van der Waals surface area contributed by atoms with Crippen LogP contribution < -0.4 is 16.4 Å². The third-order valence-corrected chi connectivity index (χ3v) is 3.34. The Bertz CT molecular complexity index is 411. The first-order valence-electron chi connectivity index (χ1n) is 5.86. The first-order valence-corrected chi connectivity index (χ1v) is 5.86. The zero-order valence-corrected chi connectivity index (χ0v) is 9.94. The van der Waals surface area contributed by atoms with Crippen LogP contribution in [-0.2, 0) is 9.59 Å². The molecule has 0 bridgehead atoms. The van der Waals surface area contributed by atoms with E-state index in [4.69, 9.17) is 5.73 Å². The lowest BCUT2D eigenvalue weighted by molar-refractivity contribution is -0.132. The monoisotopic (exact) mass is 252 g/mol. The maximum Gasteiger partial charge on any atom is 0.322 e. The van der Waals surface area contributed by atoms with Crippen LogP contribution in [0.1, 0.15) is 12.8 Å². The average Bonchev–Trinajstić information content (AvgIpc) is 2.62. The predicted octanol–water partition coefficient (Wildman–Crippen LogP) is -1.30. The lowest BCUT2D eigenvalue weighted by Crippen LogP contribution is -2.55. The molecular weight excluding hydrogens is 236 g/mol. The molecule has 0 aromatic heterocycles. The van der Waals surface area contributed by atoms with Gasteiger partial charge in [0.2, 0.25) is 5.91 Å². The molecule has 2 aliphatic heterocycles. The van der Waals surface area contributed by atoms with Gasteiger partial charge in [-0.25, -0.2) is 4.79 Å². The van der Waals surface area contributed by atoms with Crippen molar-refractivity contribution in [1.29, 1.82) is 0 Å². The van der Waals surface area contributed by atoms with Crippen LogP contribution in [0, 0.1) is 0 Å². The molecule has 0 radical (unpaired) electrons. The molecule has 4 amide bonds. The van der Waals surface area contributed by atoms with Crippen LogP contribution in [0.4, 0.5) is 4.79 Å². The number of hydrogen-bond donors (Lipinski definition) is 3. The van der Waals surface area contributed by atoms with E-state index < -0.39 is 11.6 Å². The molecule has 18 heavy (non-hydrogen) atoms. The van der Waals surface area contributed by atoms with E-state index in [1.807, 2.05) is 0 Å². The van der Waals surface area contributed by atoms with E-state index in [9.17, 15) is 14.4 Å². The van der Waals surface area contributed by atoms with Crippen molar-refractivity contribution in [2.75, 3.05) is 19.6 Å². The molecule has 7 nitrogen and oxygen atoms in total. The number of nitrogens with zero attached hydrogens (tertiary/aromatic N) is 1. The Kier molecular flexibility index (Phi) is 3.33. The number of carbonyl (C=O) groups is 3. The minimum Gasteiger partial charge on any atom is -0.339 e. The van der Waals surface area contributed by atoms with Crippen LogP contribution >= 0.6 is 0 Å². The van der Waals surface area contributed by atoms with E-state index >= 15 is 0 Å². The van der Waals surface area contributed by atoms with Gasteiger partial charge in [-0.15, -0.1) is 0 Å². The van der Waals surface area contributed by atoms with Gasteiger partial charge < -0.3 is 16.0 Å². The summed E-state index contributed by atoms with van der Waals surface area (Å²) in [6.45, 7) is 1.21. The summed E-state index contributed by atoms with van der Waals surface area (Å²) in [5, 5.41) is 4.88. The molecule has 7 heteroatoms. The van der Waals surface area contributed by atoms with Crippen LogP contribution in [0.2, 0.25) is 0 Å². The maximum absolute atomic E-state index is 11.7. The van der Waals surface area contributed by atoms with Gasteiger partial charge in [-0.1, -0.05) is 6.08 Å². The normalized spacial score (nSPS) is 22.4. The molecule has 4 N–H and O–H groups in total. The molecule has 0 atom stereocenters. The van der Waals surface area contributed by atoms with Gasteiger partial charge in [0.25, 0.3) is 5.91 Å². The zero-order chi connectivity index (χ0) is 13.2. The van der Waals surface area contributed by atoms with Gasteiger partial charge in [0.05, 0.1) is 0 Å². The molecule has 2 heterocycles. The highest BCUT2D eigenvalue weighted by Gasteiger charge is 2.48. The van der Waals surface area contributed by atoms with Gasteiger partial charge >= 0.3 is 6.03 Å². The predicted molar refractivity (Wildman–Crippen MR) is 63.4 cm³/mol. The number of urea groups is 1. The highest BCUT2D eigenvalue weighted by Crippen LogP contribution is 2.25. The summed E-state index contributed by atoms with van der Waals surface area (Å²) in [7, 11) is 0. The van der Waals surface area contributed by atoms with Crippen molar-refractivity contribution in [2.45, 2.75) is 18.4 Å². The fraction of sp³-hybridized carbons (Fsp3) is 0.545. The second kappa shape index (κ2) is 4.77. The molecule has 0 unspecified atom stereocenters. The van der Waals surface area contributed by atoms with Crippen LogP contribution in [-0.4, -0.2) is 47.9 Å². The van der Waals surface area contributed by atoms with Gasteiger partial charge in [-0.3, -0.25) is 14.9 Å². The van der Waals surface area contributed by atoms with Crippen molar-refractivity contribution in [3.8, 4) is 0 Å². The van der Waals surface area contributed by atoms with Gasteiger partial charge in [-0.2, -0.15) is 0 Å². The number of amides is 4. The molecule has 0 aromatic carbocycles. The van der Waals surface area contributed by atoms with Gasteiger partial charge in [-0.05, 0) is 12.8 Å². The summed E-state index contributed by atoms with van der Waals surface area (Å²) in [4.78, 5) is 36.2. The number of piperidine rings is 1. The Morgan fingerprint density at radius 3 is 2.56 bits per heavy atom. The van der Waals surface area contributed by atoms with Crippen LogP contribution in [0.5, 0.6) is 0 Å². The Morgan fingerprint density at radius 1 is 1.39 bits per heavy atom. The van der Waals surface area contributed by atoms with Crippen LogP contribution in [0.3, 0.4) is 0 Å². The van der Waals surface area contributed by atoms with Crippen molar-refractivity contribution >= 4 is 17.8 Å². The van der Waals surface area contributed by atoms with Crippen molar-refractivity contribution < 1.29 is 14.4 Å². The van der Waals surface area contributed by atoms with Crippen LogP contribution in [0.25, 0.3) is 0 Å². The SMILES string of the molecule is NC/C=C/C(=O)N1CCC2(CC1)NC(=O)NC2=O. The standard InChI is InChI=1S/C11H16N4O3/c12-5-1-2-8(16)15-6-3-11(4-7-15)9(17)13-10(18)14-11/h1-2H,3-7,12H2,(H2,13,14,17,18)/b2-1+. The smallest absolute Gasteiger partial charge is 0.322 e. The van der Waals surface area contributed by atoms with E-state index in [1.165, 1.54) is 6.08 Å². The van der Waals surface area contributed by atoms with Gasteiger partial charge in [0.1, 0.15) is 5.54 Å². The summed E-state index contributed by atoms with van der Waals surface area (Å²) in [5.74, 6) is -0.405. The number of imide groups is 1. The number of nitrogens with two attached hydrogens (primary N) is 1. The summed E-state index contributed by atoms with van der Waals surface area (Å²) < 4.78 is 0. The quantitative estimate of drug-likeness (QED) is 0.419. The van der Waals surface area contributed by atoms with Gasteiger partial charge in [0.15, 0.2) is 0 Å². The third kappa shape index (κ3) is 2.21. The van der Waals surface area contributed by atoms with Gasteiger partial charge in [0, 0.05) is 25.7 Å². The molecule has 0 saturated carbocycles. The Labute approximate surface area is 104 Å². The fourth-order valence-electron chi connectivity index (χ4n) is 2.26. The molecule has 2 rings (SSSR count). The second-order valence-electron chi connectivity index (χ2n) is 4.45. The summed E-state index contributed by atoms with van der Waals surface area (Å²) in [6, 6.07) is -0.456. The molecule has 2 saturated heterocycles. The number of hydrogen-bond acceptors (Lipinski definition) is 4. The van der Waals surface area contributed by atoms with E-state index in [1.54, 1.807) is 11.0 Å². The van der Waals surface area contributed by atoms with Crippen molar-refractivity contribution in [3.63, 3.8) is 0 Å². The largest absolute Gasteiger partial charge is 0.339 e.